The van der Waals surface area contributed by atoms with Crippen molar-refractivity contribution in [2.75, 3.05) is 7.11 Å². The van der Waals surface area contributed by atoms with E-state index in [0.29, 0.717) is 0 Å². The summed E-state index contributed by atoms with van der Waals surface area (Å²) in [7, 11) is 1.18. The molecule has 0 heterocycles. The Morgan fingerprint density at radius 2 is 2.00 bits per heavy atom. The van der Waals surface area contributed by atoms with Crippen molar-refractivity contribution in [1.82, 2.24) is 0 Å². The van der Waals surface area contributed by atoms with Gasteiger partial charge in [0.2, 0.25) is 0 Å². The van der Waals surface area contributed by atoms with Gasteiger partial charge in [-0.2, -0.15) is 13.2 Å². The SMILES string of the molecule is C#Cc1ccc(OC)c(C(F)(F)F)c1. The zero-order valence-corrected chi connectivity index (χ0v) is 7.35. The van der Waals surface area contributed by atoms with Gasteiger partial charge in [-0.05, 0) is 18.2 Å². The molecule has 74 valence electrons. The third-order valence-electron chi connectivity index (χ3n) is 1.67. The molecule has 4 heteroatoms. The van der Waals surface area contributed by atoms with Crippen molar-refractivity contribution in [1.29, 1.82) is 0 Å². The van der Waals surface area contributed by atoms with E-state index >= 15 is 0 Å². The van der Waals surface area contributed by atoms with E-state index in [1.165, 1.54) is 19.2 Å². The zero-order valence-electron chi connectivity index (χ0n) is 7.35. The van der Waals surface area contributed by atoms with E-state index < -0.39 is 11.7 Å². The molecule has 1 rings (SSSR count). The Morgan fingerprint density at radius 3 is 2.43 bits per heavy atom. The summed E-state index contributed by atoms with van der Waals surface area (Å²) < 4.78 is 41.8. The van der Waals surface area contributed by atoms with E-state index in [4.69, 9.17) is 6.42 Å². The van der Waals surface area contributed by atoms with Crippen LogP contribution in [0.4, 0.5) is 13.2 Å². The first-order valence-electron chi connectivity index (χ1n) is 3.71. The third-order valence-corrected chi connectivity index (χ3v) is 1.67. The van der Waals surface area contributed by atoms with Crippen molar-refractivity contribution in [2.45, 2.75) is 6.18 Å². The van der Waals surface area contributed by atoms with Gasteiger partial charge in [-0.25, -0.2) is 0 Å². The summed E-state index contributed by atoms with van der Waals surface area (Å²) in [6.45, 7) is 0. The Bertz CT molecular complexity index is 374. The summed E-state index contributed by atoms with van der Waals surface area (Å²) in [5.41, 5.74) is -0.673. The molecule has 0 saturated carbocycles. The summed E-state index contributed by atoms with van der Waals surface area (Å²) in [5.74, 6) is 1.91. The van der Waals surface area contributed by atoms with Crippen LogP contribution < -0.4 is 4.74 Å². The van der Waals surface area contributed by atoms with Crippen LogP contribution in [-0.2, 0) is 6.18 Å². The van der Waals surface area contributed by atoms with Crippen LogP contribution in [0, 0.1) is 12.3 Å². The number of methoxy groups -OCH3 is 1. The summed E-state index contributed by atoms with van der Waals surface area (Å²) in [6.07, 6.45) is 0.549. The van der Waals surface area contributed by atoms with Gasteiger partial charge in [0.1, 0.15) is 5.75 Å². The van der Waals surface area contributed by atoms with Crippen molar-refractivity contribution < 1.29 is 17.9 Å². The van der Waals surface area contributed by atoms with Gasteiger partial charge in [0.15, 0.2) is 0 Å². The highest BCUT2D eigenvalue weighted by Crippen LogP contribution is 2.36. The Kier molecular flexibility index (Phi) is 2.70. The van der Waals surface area contributed by atoms with Crippen molar-refractivity contribution in [3.8, 4) is 18.1 Å². The topological polar surface area (TPSA) is 9.23 Å². The largest absolute Gasteiger partial charge is 0.496 e. The molecule has 1 aromatic carbocycles. The molecule has 0 unspecified atom stereocenters. The average molecular weight is 200 g/mol. The molecule has 0 spiro atoms. The fourth-order valence-corrected chi connectivity index (χ4v) is 1.02. The molecular formula is C10H7F3O. The molecule has 0 aromatic heterocycles. The molecule has 0 aliphatic rings. The molecule has 0 aliphatic heterocycles. The summed E-state index contributed by atoms with van der Waals surface area (Å²) >= 11 is 0. The summed E-state index contributed by atoms with van der Waals surface area (Å²) in [5, 5.41) is 0. The van der Waals surface area contributed by atoms with Gasteiger partial charge in [0.25, 0.3) is 0 Å². The fourth-order valence-electron chi connectivity index (χ4n) is 1.02. The van der Waals surface area contributed by atoms with Gasteiger partial charge < -0.3 is 4.74 Å². The predicted molar refractivity (Wildman–Crippen MR) is 45.9 cm³/mol. The van der Waals surface area contributed by atoms with Crippen LogP contribution in [0.15, 0.2) is 18.2 Å². The standard InChI is InChI=1S/C10H7F3O/c1-3-7-4-5-9(14-2)8(6-7)10(11,12)13/h1,4-6H,2H3. The lowest BCUT2D eigenvalue weighted by Crippen LogP contribution is -2.07. The first-order valence-corrected chi connectivity index (χ1v) is 3.71. The first kappa shape index (κ1) is 10.5. The highest BCUT2D eigenvalue weighted by molar-refractivity contribution is 5.44. The number of ether oxygens (including phenoxy) is 1. The van der Waals surface area contributed by atoms with E-state index in [-0.39, 0.29) is 11.3 Å². The number of halogens is 3. The van der Waals surface area contributed by atoms with Gasteiger partial charge in [-0.15, -0.1) is 6.42 Å². The van der Waals surface area contributed by atoms with E-state index in [1.807, 2.05) is 0 Å². The molecular weight excluding hydrogens is 193 g/mol. The molecule has 0 saturated heterocycles. The number of benzene rings is 1. The second kappa shape index (κ2) is 3.62. The molecule has 0 fully saturated rings. The van der Waals surface area contributed by atoms with Crippen molar-refractivity contribution in [3.63, 3.8) is 0 Å². The lowest BCUT2D eigenvalue weighted by molar-refractivity contribution is -0.138. The second-order valence-electron chi connectivity index (χ2n) is 2.56. The van der Waals surface area contributed by atoms with Crippen molar-refractivity contribution in [2.24, 2.45) is 0 Å². The molecule has 0 aliphatic carbocycles. The van der Waals surface area contributed by atoms with Crippen LogP contribution in [-0.4, -0.2) is 7.11 Å². The van der Waals surface area contributed by atoms with Crippen LogP contribution in [0.3, 0.4) is 0 Å². The van der Waals surface area contributed by atoms with Gasteiger partial charge >= 0.3 is 6.18 Å². The Labute approximate surface area is 79.5 Å². The van der Waals surface area contributed by atoms with Gasteiger partial charge in [-0.3, -0.25) is 0 Å². The molecule has 0 radical (unpaired) electrons. The van der Waals surface area contributed by atoms with Crippen LogP contribution in [0.25, 0.3) is 0 Å². The van der Waals surface area contributed by atoms with Gasteiger partial charge in [0, 0.05) is 5.56 Å². The molecule has 0 N–H and O–H groups in total. The smallest absolute Gasteiger partial charge is 0.420 e. The molecule has 14 heavy (non-hydrogen) atoms. The second-order valence-corrected chi connectivity index (χ2v) is 2.56. The quantitative estimate of drug-likeness (QED) is 0.633. The minimum Gasteiger partial charge on any atom is -0.496 e. The lowest BCUT2D eigenvalue weighted by atomic mass is 10.1. The minimum atomic E-state index is -4.45. The van der Waals surface area contributed by atoms with E-state index in [1.54, 1.807) is 0 Å². The van der Waals surface area contributed by atoms with Crippen LogP contribution in [0.2, 0.25) is 0 Å². The molecule has 0 amide bonds. The number of rotatable bonds is 1. The average Bonchev–Trinajstić information content (AvgIpc) is 2.15. The first-order chi connectivity index (χ1) is 6.49. The molecule has 0 atom stereocenters. The summed E-state index contributed by atoms with van der Waals surface area (Å²) in [4.78, 5) is 0. The van der Waals surface area contributed by atoms with Crippen LogP contribution >= 0.6 is 0 Å². The third kappa shape index (κ3) is 1.99. The normalized spacial score (nSPS) is 10.8. The van der Waals surface area contributed by atoms with Gasteiger partial charge in [-0.1, -0.05) is 5.92 Å². The molecule has 0 bridgehead atoms. The van der Waals surface area contributed by atoms with E-state index in [2.05, 4.69) is 10.7 Å². The maximum absolute atomic E-state index is 12.4. The van der Waals surface area contributed by atoms with Gasteiger partial charge in [0.05, 0.1) is 12.7 Å². The van der Waals surface area contributed by atoms with E-state index in [0.717, 1.165) is 6.07 Å². The predicted octanol–water partition coefficient (Wildman–Crippen LogP) is 2.70. The molecule has 1 aromatic rings. The van der Waals surface area contributed by atoms with E-state index in [9.17, 15) is 13.2 Å². The maximum atomic E-state index is 12.4. The monoisotopic (exact) mass is 200 g/mol. The number of hydrogen-bond donors (Lipinski definition) is 0. The lowest BCUT2D eigenvalue weighted by Gasteiger charge is -2.11. The molecule has 1 nitrogen and oxygen atoms in total. The Hall–Kier alpha value is -1.63. The Morgan fingerprint density at radius 1 is 1.36 bits per heavy atom. The highest BCUT2D eigenvalue weighted by Gasteiger charge is 2.34. The highest BCUT2D eigenvalue weighted by atomic mass is 19.4. The van der Waals surface area contributed by atoms with Crippen molar-refractivity contribution in [3.05, 3.63) is 29.3 Å². The zero-order chi connectivity index (χ0) is 10.8. The fraction of sp³-hybridized carbons (Fsp3) is 0.200. The Balaban J connectivity index is 3.31. The number of hydrogen-bond acceptors (Lipinski definition) is 1. The maximum Gasteiger partial charge on any atom is 0.420 e. The minimum absolute atomic E-state index is 0.179. The summed E-state index contributed by atoms with van der Waals surface area (Å²) in [6, 6.07) is 3.49. The van der Waals surface area contributed by atoms with Crippen LogP contribution in [0.5, 0.6) is 5.75 Å². The van der Waals surface area contributed by atoms with Crippen LogP contribution in [0.1, 0.15) is 11.1 Å². The number of alkyl halides is 3. The van der Waals surface area contributed by atoms with Crippen molar-refractivity contribution >= 4 is 0 Å². The number of terminal acetylenes is 1.